The molecule has 0 unspecified atom stereocenters. The Morgan fingerprint density at radius 2 is 1.85 bits per heavy atom. The van der Waals surface area contributed by atoms with E-state index in [1.165, 1.54) is 39.1 Å². The molecule has 0 aliphatic heterocycles. The van der Waals surface area contributed by atoms with Gasteiger partial charge in [-0.1, -0.05) is 31.1 Å². The standard InChI is InChI=1S/C25H28N2O5S/c1-25(2,24(28)29)32-19-13-18-14-22(27-23(18)26-15-19)21(12-16-6-4-5-7-16)17-8-10-20(11-9-17)33(3,30)31/h8-16H,4-7H2,1-3H3,(H,26,27)(H,28,29)/b21-12+. The highest BCUT2D eigenvalue weighted by Gasteiger charge is 2.29. The number of aromatic amines is 1. The molecule has 1 aliphatic rings. The van der Waals surface area contributed by atoms with E-state index in [0.717, 1.165) is 35.1 Å². The van der Waals surface area contributed by atoms with Crippen molar-refractivity contribution in [1.29, 1.82) is 0 Å². The summed E-state index contributed by atoms with van der Waals surface area (Å²) in [5.41, 5.74) is 2.07. The molecule has 0 radical (unpaired) electrons. The molecule has 33 heavy (non-hydrogen) atoms. The number of pyridine rings is 1. The Bertz CT molecular complexity index is 1310. The van der Waals surface area contributed by atoms with Crippen LogP contribution in [0.15, 0.2) is 53.6 Å². The number of fused-ring (bicyclic) bond motifs is 1. The summed E-state index contributed by atoms with van der Waals surface area (Å²) in [5, 5.41) is 10.1. The third-order valence-electron chi connectivity index (χ3n) is 6.02. The number of rotatable bonds is 7. The smallest absolute Gasteiger partial charge is 0.347 e. The highest BCUT2D eigenvalue weighted by Crippen LogP contribution is 2.34. The number of H-pyrrole nitrogens is 1. The van der Waals surface area contributed by atoms with Gasteiger partial charge in [-0.25, -0.2) is 18.2 Å². The van der Waals surface area contributed by atoms with Crippen LogP contribution in [0.25, 0.3) is 16.6 Å². The van der Waals surface area contributed by atoms with Crippen LogP contribution in [0.3, 0.4) is 0 Å². The lowest BCUT2D eigenvalue weighted by atomic mass is 9.96. The van der Waals surface area contributed by atoms with E-state index in [1.54, 1.807) is 18.2 Å². The first kappa shape index (κ1) is 23.0. The fourth-order valence-electron chi connectivity index (χ4n) is 4.12. The zero-order valence-corrected chi connectivity index (χ0v) is 19.8. The molecule has 3 aromatic rings. The van der Waals surface area contributed by atoms with Gasteiger partial charge in [0.25, 0.3) is 0 Å². The molecule has 0 bridgehead atoms. The lowest BCUT2D eigenvalue weighted by Gasteiger charge is -2.21. The number of hydrogen-bond acceptors (Lipinski definition) is 5. The van der Waals surface area contributed by atoms with Gasteiger partial charge in [0, 0.05) is 22.9 Å². The second kappa shape index (κ2) is 8.67. The van der Waals surface area contributed by atoms with E-state index < -0.39 is 21.4 Å². The van der Waals surface area contributed by atoms with Gasteiger partial charge in [-0.2, -0.15) is 0 Å². The minimum Gasteiger partial charge on any atom is -0.478 e. The van der Waals surface area contributed by atoms with E-state index >= 15 is 0 Å². The van der Waals surface area contributed by atoms with Crippen molar-refractivity contribution in [2.45, 2.75) is 50.0 Å². The van der Waals surface area contributed by atoms with Crippen LogP contribution in [0, 0.1) is 5.92 Å². The van der Waals surface area contributed by atoms with Crippen LogP contribution < -0.4 is 4.74 Å². The number of aliphatic carboxylic acids is 1. The SMILES string of the molecule is CC(C)(Oc1cnc2[nH]c(/C(=C/C3CCCC3)c3ccc(S(C)(=O)=O)cc3)cc2c1)C(=O)O. The predicted octanol–water partition coefficient (Wildman–Crippen LogP) is 4.83. The van der Waals surface area contributed by atoms with Crippen molar-refractivity contribution in [3.8, 4) is 5.75 Å². The predicted molar refractivity (Wildman–Crippen MR) is 127 cm³/mol. The Kier molecular flexibility index (Phi) is 6.05. The monoisotopic (exact) mass is 468 g/mol. The van der Waals surface area contributed by atoms with Gasteiger partial charge >= 0.3 is 5.97 Å². The summed E-state index contributed by atoms with van der Waals surface area (Å²) in [6, 6.07) is 10.7. The molecule has 2 heterocycles. The number of nitrogens with zero attached hydrogens (tertiary/aromatic N) is 1. The number of benzene rings is 1. The fraction of sp³-hybridized carbons (Fsp3) is 0.360. The first-order valence-corrected chi connectivity index (χ1v) is 12.9. The summed E-state index contributed by atoms with van der Waals surface area (Å²) in [4.78, 5) is 19.5. The van der Waals surface area contributed by atoms with Gasteiger partial charge in [0.05, 0.1) is 11.1 Å². The summed E-state index contributed by atoms with van der Waals surface area (Å²) < 4.78 is 29.4. The van der Waals surface area contributed by atoms with Gasteiger partial charge < -0.3 is 14.8 Å². The number of carboxylic acids is 1. The van der Waals surface area contributed by atoms with Crippen LogP contribution in [0.4, 0.5) is 0 Å². The van der Waals surface area contributed by atoms with Gasteiger partial charge in [0.2, 0.25) is 0 Å². The van der Waals surface area contributed by atoms with Crippen LogP contribution >= 0.6 is 0 Å². The van der Waals surface area contributed by atoms with Crippen molar-refractivity contribution in [2.24, 2.45) is 5.92 Å². The highest BCUT2D eigenvalue weighted by molar-refractivity contribution is 7.90. The third kappa shape index (κ3) is 5.11. The van der Waals surface area contributed by atoms with Crippen molar-refractivity contribution in [3.63, 3.8) is 0 Å². The maximum atomic E-state index is 11.9. The van der Waals surface area contributed by atoms with Crippen LogP contribution in [0.1, 0.15) is 50.8 Å². The van der Waals surface area contributed by atoms with E-state index in [1.807, 2.05) is 18.2 Å². The second-order valence-electron chi connectivity index (χ2n) is 9.13. The molecule has 2 aromatic heterocycles. The number of sulfone groups is 1. The quantitative estimate of drug-likeness (QED) is 0.514. The third-order valence-corrected chi connectivity index (χ3v) is 7.15. The van der Waals surface area contributed by atoms with Crippen LogP contribution in [-0.2, 0) is 14.6 Å². The molecule has 1 aromatic carbocycles. The van der Waals surface area contributed by atoms with Crippen molar-refractivity contribution in [2.75, 3.05) is 6.26 Å². The summed E-state index contributed by atoms with van der Waals surface area (Å²) in [7, 11) is -3.27. The Labute approximate surface area is 193 Å². The number of ether oxygens (including phenoxy) is 1. The highest BCUT2D eigenvalue weighted by atomic mass is 32.2. The van der Waals surface area contributed by atoms with E-state index in [0.29, 0.717) is 17.3 Å². The van der Waals surface area contributed by atoms with Gasteiger partial charge in [-0.15, -0.1) is 0 Å². The van der Waals surface area contributed by atoms with Gasteiger partial charge in [-0.3, -0.25) is 0 Å². The van der Waals surface area contributed by atoms with Crippen molar-refractivity contribution < 1.29 is 23.1 Å². The molecular formula is C25H28N2O5S. The van der Waals surface area contributed by atoms with E-state index in [2.05, 4.69) is 16.0 Å². The molecule has 0 saturated heterocycles. The Morgan fingerprint density at radius 3 is 2.45 bits per heavy atom. The topological polar surface area (TPSA) is 109 Å². The molecular weight excluding hydrogens is 440 g/mol. The van der Waals surface area contributed by atoms with Gasteiger partial charge in [-0.05, 0) is 62.4 Å². The van der Waals surface area contributed by atoms with Crippen molar-refractivity contribution in [3.05, 3.63) is 59.9 Å². The van der Waals surface area contributed by atoms with Gasteiger partial charge in [0.15, 0.2) is 15.4 Å². The minimum atomic E-state index is -3.27. The molecule has 4 rings (SSSR count). The van der Waals surface area contributed by atoms with Gasteiger partial charge in [0.1, 0.15) is 11.4 Å². The summed E-state index contributed by atoms with van der Waals surface area (Å²) in [6.07, 6.45) is 9.64. The van der Waals surface area contributed by atoms with Crippen molar-refractivity contribution >= 4 is 32.4 Å². The number of carboxylic acid groups (broad SMARTS) is 1. The Hall–Kier alpha value is -3.13. The zero-order chi connectivity index (χ0) is 23.8. The molecule has 2 N–H and O–H groups in total. The van der Waals surface area contributed by atoms with E-state index in [-0.39, 0.29) is 4.90 Å². The molecule has 7 nitrogen and oxygen atoms in total. The first-order valence-electron chi connectivity index (χ1n) is 11.0. The normalized spacial score (nSPS) is 15.8. The van der Waals surface area contributed by atoms with Crippen molar-refractivity contribution in [1.82, 2.24) is 9.97 Å². The Balaban J connectivity index is 1.74. The molecule has 0 atom stereocenters. The maximum Gasteiger partial charge on any atom is 0.347 e. The molecule has 1 fully saturated rings. The lowest BCUT2D eigenvalue weighted by Crippen LogP contribution is -2.37. The average Bonchev–Trinajstić information content (AvgIpc) is 3.40. The van der Waals surface area contributed by atoms with E-state index in [9.17, 15) is 18.3 Å². The summed E-state index contributed by atoms with van der Waals surface area (Å²) in [6.45, 7) is 2.98. The maximum absolute atomic E-state index is 11.9. The summed E-state index contributed by atoms with van der Waals surface area (Å²) in [5.74, 6) is -0.222. The van der Waals surface area contributed by atoms with Crippen LogP contribution in [0.2, 0.25) is 0 Å². The average molecular weight is 469 g/mol. The molecule has 174 valence electrons. The largest absolute Gasteiger partial charge is 0.478 e. The van der Waals surface area contributed by atoms with Crippen LogP contribution in [0.5, 0.6) is 5.75 Å². The summed E-state index contributed by atoms with van der Waals surface area (Å²) >= 11 is 0. The van der Waals surface area contributed by atoms with Crippen LogP contribution in [-0.4, -0.2) is 41.3 Å². The Morgan fingerprint density at radius 1 is 1.18 bits per heavy atom. The molecule has 1 saturated carbocycles. The number of aromatic nitrogens is 2. The molecule has 0 amide bonds. The number of hydrogen-bond donors (Lipinski definition) is 2. The molecule has 0 spiro atoms. The number of carbonyl (C=O) groups is 1. The second-order valence-corrected chi connectivity index (χ2v) is 11.1. The lowest BCUT2D eigenvalue weighted by molar-refractivity contribution is -0.152. The zero-order valence-electron chi connectivity index (χ0n) is 19.0. The first-order chi connectivity index (χ1) is 15.5. The molecule has 8 heteroatoms. The number of allylic oxidation sites excluding steroid dienone is 1. The van der Waals surface area contributed by atoms with E-state index in [4.69, 9.17) is 4.74 Å². The fourth-order valence-corrected chi connectivity index (χ4v) is 4.75. The molecule has 1 aliphatic carbocycles. The minimum absolute atomic E-state index is 0.285. The number of nitrogens with one attached hydrogen (secondary N) is 1.